The molecule has 0 aliphatic heterocycles. The Hall–Kier alpha value is -1.92. The molecule has 0 saturated carbocycles. The third kappa shape index (κ3) is 10.7. The molecular weight excluding hydrogens is 396 g/mol. The van der Waals surface area contributed by atoms with E-state index in [2.05, 4.69) is 33.1 Å². The maximum Gasteiger partial charge on any atom is 0.303 e. The highest BCUT2D eigenvalue weighted by Crippen LogP contribution is 2.22. The summed E-state index contributed by atoms with van der Waals surface area (Å²) >= 11 is 0. The van der Waals surface area contributed by atoms with Crippen molar-refractivity contribution in [2.45, 2.75) is 71.5 Å². The standard InChI is InChI=1S/C24H38O5Si/c1-18(15-28-16-21-11-13-22(27-4)14-12-21)9-8-10-23(26)24(29-20(3)25)19(2)17-30(5,6)7/h11-14,18,24H,2,8-10,15-17H2,1,3-7H3. The summed E-state index contributed by atoms with van der Waals surface area (Å²) in [6.07, 6.45) is 1.19. The number of hydrogen-bond acceptors (Lipinski definition) is 5. The van der Waals surface area contributed by atoms with Gasteiger partial charge in [-0.05, 0) is 48.1 Å². The monoisotopic (exact) mass is 434 g/mol. The zero-order valence-corrected chi connectivity index (χ0v) is 20.5. The first kappa shape index (κ1) is 26.1. The lowest BCUT2D eigenvalue weighted by Crippen LogP contribution is -2.32. The molecule has 6 heteroatoms. The fourth-order valence-corrected chi connectivity index (χ4v) is 4.80. The molecule has 0 aromatic heterocycles. The molecular formula is C24H38O5Si. The fourth-order valence-electron chi connectivity index (χ4n) is 3.26. The Kier molecular flexibility index (Phi) is 11.1. The summed E-state index contributed by atoms with van der Waals surface area (Å²) in [6, 6.07) is 8.59. The van der Waals surface area contributed by atoms with Crippen LogP contribution in [0.3, 0.4) is 0 Å². The molecule has 0 aliphatic carbocycles. The second kappa shape index (κ2) is 12.7. The number of rotatable bonds is 14. The molecule has 1 aromatic rings. The van der Waals surface area contributed by atoms with E-state index in [-0.39, 0.29) is 5.78 Å². The van der Waals surface area contributed by atoms with Crippen LogP contribution in [0.25, 0.3) is 0 Å². The number of carbonyl (C=O) groups excluding carboxylic acids is 2. The number of ketones is 1. The van der Waals surface area contributed by atoms with Crippen molar-refractivity contribution in [3.8, 4) is 5.75 Å². The Balaban J connectivity index is 2.39. The summed E-state index contributed by atoms with van der Waals surface area (Å²) in [6.45, 7) is 15.3. The number of Topliss-reactive ketones (excluding diaryl/α,β-unsaturated/α-hetero) is 1. The molecule has 5 nitrogen and oxygen atoms in total. The summed E-state index contributed by atoms with van der Waals surface area (Å²) in [4.78, 5) is 24.1. The van der Waals surface area contributed by atoms with Crippen molar-refractivity contribution in [1.82, 2.24) is 0 Å². The first-order valence-electron chi connectivity index (χ1n) is 10.6. The second-order valence-corrected chi connectivity index (χ2v) is 14.7. The van der Waals surface area contributed by atoms with Gasteiger partial charge < -0.3 is 14.2 Å². The van der Waals surface area contributed by atoms with Gasteiger partial charge in [-0.25, -0.2) is 0 Å². The van der Waals surface area contributed by atoms with Crippen LogP contribution in [0.4, 0.5) is 0 Å². The molecule has 0 heterocycles. The molecule has 2 atom stereocenters. The maximum absolute atomic E-state index is 12.7. The normalized spacial score (nSPS) is 13.4. The molecule has 0 radical (unpaired) electrons. The SMILES string of the molecule is C=C(C[Si](C)(C)C)C(OC(C)=O)C(=O)CCCC(C)COCc1ccc(OC)cc1. The third-order valence-corrected chi connectivity index (χ3v) is 6.17. The zero-order chi connectivity index (χ0) is 22.7. The largest absolute Gasteiger partial charge is 0.497 e. The molecule has 1 rings (SSSR count). The van der Waals surface area contributed by atoms with Crippen molar-refractivity contribution >= 4 is 19.8 Å². The Bertz CT molecular complexity index is 691. The number of methoxy groups -OCH3 is 1. The van der Waals surface area contributed by atoms with Crippen LogP contribution in [0.15, 0.2) is 36.4 Å². The van der Waals surface area contributed by atoms with Crippen molar-refractivity contribution in [3.63, 3.8) is 0 Å². The lowest BCUT2D eigenvalue weighted by atomic mass is 9.99. The summed E-state index contributed by atoms with van der Waals surface area (Å²) in [5.41, 5.74) is 1.83. The van der Waals surface area contributed by atoms with Crippen LogP contribution in [0, 0.1) is 5.92 Å². The average molecular weight is 435 g/mol. The Morgan fingerprint density at radius 3 is 2.30 bits per heavy atom. The number of ether oxygens (including phenoxy) is 3. The lowest BCUT2D eigenvalue weighted by molar-refractivity contribution is -0.150. The summed E-state index contributed by atoms with van der Waals surface area (Å²) < 4.78 is 16.3. The Morgan fingerprint density at radius 1 is 1.13 bits per heavy atom. The van der Waals surface area contributed by atoms with Crippen molar-refractivity contribution in [3.05, 3.63) is 42.0 Å². The average Bonchev–Trinajstić information content (AvgIpc) is 2.65. The predicted molar refractivity (Wildman–Crippen MR) is 124 cm³/mol. The topological polar surface area (TPSA) is 61.8 Å². The first-order valence-corrected chi connectivity index (χ1v) is 14.3. The summed E-state index contributed by atoms with van der Waals surface area (Å²) in [5.74, 6) is 0.676. The molecule has 0 N–H and O–H groups in total. The van der Waals surface area contributed by atoms with Crippen LogP contribution in [0.5, 0.6) is 5.75 Å². The van der Waals surface area contributed by atoms with E-state index in [0.717, 1.165) is 35.8 Å². The molecule has 0 fully saturated rings. The van der Waals surface area contributed by atoms with E-state index < -0.39 is 20.1 Å². The van der Waals surface area contributed by atoms with E-state index in [1.165, 1.54) is 6.92 Å². The molecule has 168 valence electrons. The van der Waals surface area contributed by atoms with Gasteiger partial charge in [0.2, 0.25) is 0 Å². The highest BCUT2D eigenvalue weighted by molar-refractivity contribution is 6.76. The third-order valence-electron chi connectivity index (χ3n) is 4.65. The van der Waals surface area contributed by atoms with Crippen LogP contribution in [0.1, 0.15) is 38.7 Å². The van der Waals surface area contributed by atoms with E-state index in [1.807, 2.05) is 24.3 Å². The molecule has 0 amide bonds. The van der Waals surface area contributed by atoms with Crippen molar-refractivity contribution in [1.29, 1.82) is 0 Å². The van der Waals surface area contributed by atoms with Gasteiger partial charge in [-0.1, -0.05) is 45.3 Å². The van der Waals surface area contributed by atoms with Crippen molar-refractivity contribution in [2.24, 2.45) is 5.92 Å². The van der Waals surface area contributed by atoms with Crippen LogP contribution in [-0.2, 0) is 25.7 Å². The van der Waals surface area contributed by atoms with Crippen molar-refractivity contribution < 1.29 is 23.8 Å². The van der Waals surface area contributed by atoms with Crippen LogP contribution in [0.2, 0.25) is 25.7 Å². The van der Waals surface area contributed by atoms with Crippen LogP contribution in [-0.4, -0.2) is 39.6 Å². The van der Waals surface area contributed by atoms with E-state index in [9.17, 15) is 9.59 Å². The summed E-state index contributed by atoms with van der Waals surface area (Å²) in [7, 11) is 0.203. The maximum atomic E-state index is 12.7. The Morgan fingerprint density at radius 2 is 1.77 bits per heavy atom. The highest BCUT2D eigenvalue weighted by atomic mass is 28.3. The minimum Gasteiger partial charge on any atom is -0.497 e. The number of esters is 1. The first-order chi connectivity index (χ1) is 14.0. The second-order valence-electron chi connectivity index (χ2n) is 9.21. The van der Waals surface area contributed by atoms with E-state index in [4.69, 9.17) is 14.2 Å². The molecule has 1 aromatic carbocycles. The van der Waals surface area contributed by atoms with Gasteiger partial charge in [-0.2, -0.15) is 0 Å². The molecule has 0 bridgehead atoms. The van der Waals surface area contributed by atoms with Gasteiger partial charge in [0.1, 0.15) is 5.75 Å². The fraction of sp³-hybridized carbons (Fsp3) is 0.583. The van der Waals surface area contributed by atoms with E-state index in [0.29, 0.717) is 25.6 Å². The minimum absolute atomic E-state index is 0.0557. The smallest absolute Gasteiger partial charge is 0.303 e. The van der Waals surface area contributed by atoms with Gasteiger partial charge in [0.05, 0.1) is 13.7 Å². The van der Waals surface area contributed by atoms with E-state index in [1.54, 1.807) is 7.11 Å². The molecule has 0 saturated heterocycles. The number of hydrogen-bond donors (Lipinski definition) is 0. The van der Waals surface area contributed by atoms with Gasteiger partial charge in [-0.3, -0.25) is 9.59 Å². The minimum atomic E-state index is -1.44. The lowest BCUT2D eigenvalue weighted by Gasteiger charge is -2.23. The number of benzene rings is 1. The number of carbonyl (C=O) groups is 2. The van der Waals surface area contributed by atoms with Gasteiger partial charge in [0.25, 0.3) is 0 Å². The highest BCUT2D eigenvalue weighted by Gasteiger charge is 2.27. The zero-order valence-electron chi connectivity index (χ0n) is 19.5. The van der Waals surface area contributed by atoms with Crippen LogP contribution < -0.4 is 4.74 Å². The van der Waals surface area contributed by atoms with Gasteiger partial charge in [0.15, 0.2) is 11.9 Å². The van der Waals surface area contributed by atoms with Gasteiger partial charge >= 0.3 is 5.97 Å². The molecule has 2 unspecified atom stereocenters. The molecule has 30 heavy (non-hydrogen) atoms. The Labute approximate surface area is 182 Å². The van der Waals surface area contributed by atoms with E-state index >= 15 is 0 Å². The summed E-state index contributed by atoms with van der Waals surface area (Å²) in [5, 5.41) is 0. The quantitative estimate of drug-likeness (QED) is 0.222. The molecule has 0 aliphatic rings. The van der Waals surface area contributed by atoms with Gasteiger partial charge in [-0.15, -0.1) is 0 Å². The van der Waals surface area contributed by atoms with Crippen LogP contribution >= 0.6 is 0 Å². The predicted octanol–water partition coefficient (Wildman–Crippen LogP) is 5.41. The molecule has 0 spiro atoms. The van der Waals surface area contributed by atoms with Gasteiger partial charge in [0, 0.05) is 28.0 Å². The van der Waals surface area contributed by atoms with Crippen molar-refractivity contribution in [2.75, 3.05) is 13.7 Å².